The molecule has 2 aliphatic heterocycles. The summed E-state index contributed by atoms with van der Waals surface area (Å²) in [5.41, 5.74) is 12.8. The minimum absolute atomic E-state index is 0.0409. The molecular weight excluding hydrogens is 412 g/mol. The standard InChI is InChI=1S/C21H30N8O3/c1-13(2)19(30)29-5-3-4-14(12-29)32-17-10-16(15-11-24-20(23)27-18(15)22)25-21(26-17)28-6-8-31-9-7-28/h10-11,13-14H,3-9,12H2,1-2H3,(H4,22,23,24,27)/t14-/m1/s1. The van der Waals surface area contributed by atoms with Crippen LogP contribution in [0, 0.1) is 5.92 Å². The van der Waals surface area contributed by atoms with Gasteiger partial charge in [0.15, 0.2) is 0 Å². The smallest absolute Gasteiger partial charge is 0.229 e. The molecule has 2 aromatic heterocycles. The van der Waals surface area contributed by atoms with Gasteiger partial charge in [0.1, 0.15) is 11.9 Å². The van der Waals surface area contributed by atoms with Gasteiger partial charge in [0.05, 0.1) is 31.0 Å². The predicted octanol–water partition coefficient (Wildman–Crippen LogP) is 0.960. The number of aromatic nitrogens is 4. The van der Waals surface area contributed by atoms with E-state index in [9.17, 15) is 4.79 Å². The number of hydrogen-bond donors (Lipinski definition) is 2. The molecule has 0 saturated carbocycles. The van der Waals surface area contributed by atoms with E-state index in [1.54, 1.807) is 12.3 Å². The highest BCUT2D eigenvalue weighted by Crippen LogP contribution is 2.29. The van der Waals surface area contributed by atoms with Gasteiger partial charge >= 0.3 is 0 Å². The van der Waals surface area contributed by atoms with Crippen LogP contribution in [0.2, 0.25) is 0 Å². The monoisotopic (exact) mass is 442 g/mol. The van der Waals surface area contributed by atoms with Crippen molar-refractivity contribution in [3.8, 4) is 17.1 Å². The Kier molecular flexibility index (Phi) is 6.54. The van der Waals surface area contributed by atoms with Crippen LogP contribution >= 0.6 is 0 Å². The molecule has 2 aliphatic rings. The third kappa shape index (κ3) is 4.98. The number of amides is 1. The van der Waals surface area contributed by atoms with Gasteiger partial charge in [0.25, 0.3) is 0 Å². The second kappa shape index (κ2) is 9.51. The molecule has 1 atom stereocenters. The Labute approximate surface area is 187 Å². The lowest BCUT2D eigenvalue weighted by Crippen LogP contribution is -2.46. The molecular formula is C21H30N8O3. The molecule has 32 heavy (non-hydrogen) atoms. The molecule has 0 spiro atoms. The number of piperidine rings is 1. The Bertz CT molecular complexity index is 964. The first-order valence-corrected chi connectivity index (χ1v) is 11.0. The van der Waals surface area contributed by atoms with E-state index in [-0.39, 0.29) is 29.7 Å². The van der Waals surface area contributed by atoms with Crippen molar-refractivity contribution < 1.29 is 14.3 Å². The van der Waals surface area contributed by atoms with Crippen LogP contribution in [0.1, 0.15) is 26.7 Å². The Hall–Kier alpha value is -3.21. The Morgan fingerprint density at radius 1 is 1.19 bits per heavy atom. The predicted molar refractivity (Wildman–Crippen MR) is 120 cm³/mol. The zero-order valence-corrected chi connectivity index (χ0v) is 18.5. The average molecular weight is 443 g/mol. The summed E-state index contributed by atoms with van der Waals surface area (Å²) in [4.78, 5) is 33.8. The van der Waals surface area contributed by atoms with Gasteiger partial charge in [0.2, 0.25) is 23.7 Å². The van der Waals surface area contributed by atoms with Gasteiger partial charge in [-0.15, -0.1) is 0 Å². The van der Waals surface area contributed by atoms with Crippen LogP contribution in [-0.4, -0.2) is 76.2 Å². The largest absolute Gasteiger partial charge is 0.472 e. The number of morpholine rings is 1. The quantitative estimate of drug-likeness (QED) is 0.686. The van der Waals surface area contributed by atoms with Crippen molar-refractivity contribution in [3.63, 3.8) is 0 Å². The SMILES string of the molecule is CC(C)C(=O)N1CCC[C@@H](Oc2cc(-c3cnc(N)nc3N)nc(N3CCOCC3)n2)C1. The number of nitrogen functional groups attached to an aromatic ring is 2. The molecule has 4 heterocycles. The average Bonchev–Trinajstić information content (AvgIpc) is 2.79. The van der Waals surface area contributed by atoms with E-state index in [1.807, 2.05) is 23.6 Å². The van der Waals surface area contributed by atoms with Gasteiger partial charge in [-0.2, -0.15) is 9.97 Å². The second-order valence-electron chi connectivity index (χ2n) is 8.34. The molecule has 4 rings (SSSR count). The lowest BCUT2D eigenvalue weighted by molar-refractivity contribution is -0.137. The number of ether oxygens (including phenoxy) is 2. The lowest BCUT2D eigenvalue weighted by Gasteiger charge is -2.34. The Morgan fingerprint density at radius 3 is 2.69 bits per heavy atom. The fourth-order valence-corrected chi connectivity index (χ4v) is 3.89. The van der Waals surface area contributed by atoms with Gasteiger partial charge in [0, 0.05) is 37.8 Å². The van der Waals surface area contributed by atoms with Crippen LogP contribution in [0.4, 0.5) is 17.7 Å². The van der Waals surface area contributed by atoms with Crippen LogP contribution < -0.4 is 21.1 Å². The first kappa shape index (κ1) is 22.0. The van der Waals surface area contributed by atoms with Crippen molar-refractivity contribution in [3.05, 3.63) is 12.3 Å². The number of rotatable bonds is 5. The summed E-state index contributed by atoms with van der Waals surface area (Å²) < 4.78 is 11.7. The van der Waals surface area contributed by atoms with Gasteiger partial charge in [-0.25, -0.2) is 9.97 Å². The van der Waals surface area contributed by atoms with E-state index < -0.39 is 0 Å². The molecule has 0 aliphatic carbocycles. The first-order valence-electron chi connectivity index (χ1n) is 11.0. The molecule has 0 bridgehead atoms. The molecule has 2 aromatic rings. The minimum atomic E-state index is -0.147. The fourth-order valence-electron chi connectivity index (χ4n) is 3.89. The normalized spacial score (nSPS) is 19.3. The van der Waals surface area contributed by atoms with E-state index >= 15 is 0 Å². The topological polar surface area (TPSA) is 146 Å². The number of nitrogens with two attached hydrogens (primary N) is 2. The van der Waals surface area contributed by atoms with E-state index in [0.717, 1.165) is 19.4 Å². The minimum Gasteiger partial charge on any atom is -0.472 e. The van der Waals surface area contributed by atoms with E-state index in [0.29, 0.717) is 55.9 Å². The molecule has 0 unspecified atom stereocenters. The summed E-state index contributed by atoms with van der Waals surface area (Å²) >= 11 is 0. The number of likely N-dealkylation sites (tertiary alicyclic amines) is 1. The first-order chi connectivity index (χ1) is 15.4. The molecule has 0 radical (unpaired) electrons. The maximum atomic E-state index is 12.4. The molecule has 0 aromatic carbocycles. The summed E-state index contributed by atoms with van der Waals surface area (Å²) in [7, 11) is 0. The van der Waals surface area contributed by atoms with Crippen LogP contribution in [-0.2, 0) is 9.53 Å². The fraction of sp³-hybridized carbons (Fsp3) is 0.571. The van der Waals surface area contributed by atoms with Crippen LogP contribution in [0.3, 0.4) is 0 Å². The lowest BCUT2D eigenvalue weighted by atomic mass is 10.1. The highest BCUT2D eigenvalue weighted by atomic mass is 16.5. The maximum absolute atomic E-state index is 12.4. The number of carbonyl (C=O) groups excluding carboxylic acids is 1. The van der Waals surface area contributed by atoms with E-state index in [4.69, 9.17) is 25.9 Å². The maximum Gasteiger partial charge on any atom is 0.229 e. The van der Waals surface area contributed by atoms with Crippen molar-refractivity contribution in [2.24, 2.45) is 5.92 Å². The summed E-state index contributed by atoms with van der Waals surface area (Å²) in [6.45, 7) is 7.68. The van der Waals surface area contributed by atoms with Crippen LogP contribution in [0.5, 0.6) is 5.88 Å². The molecule has 2 saturated heterocycles. The van der Waals surface area contributed by atoms with Crippen molar-refractivity contribution in [2.75, 3.05) is 55.8 Å². The molecule has 1 amide bonds. The highest BCUT2D eigenvalue weighted by molar-refractivity contribution is 5.78. The summed E-state index contributed by atoms with van der Waals surface area (Å²) in [6.07, 6.45) is 3.14. The summed E-state index contributed by atoms with van der Waals surface area (Å²) in [5, 5.41) is 0. The highest BCUT2D eigenvalue weighted by Gasteiger charge is 2.27. The number of anilines is 3. The van der Waals surface area contributed by atoms with Crippen molar-refractivity contribution >= 4 is 23.6 Å². The van der Waals surface area contributed by atoms with Crippen molar-refractivity contribution in [1.29, 1.82) is 0 Å². The second-order valence-corrected chi connectivity index (χ2v) is 8.34. The van der Waals surface area contributed by atoms with E-state index in [2.05, 4.69) is 15.0 Å². The van der Waals surface area contributed by atoms with Crippen LogP contribution in [0.25, 0.3) is 11.3 Å². The van der Waals surface area contributed by atoms with Gasteiger partial charge in [-0.05, 0) is 12.8 Å². The third-order valence-corrected chi connectivity index (χ3v) is 5.57. The number of nitrogens with zero attached hydrogens (tertiary/aromatic N) is 6. The summed E-state index contributed by atoms with van der Waals surface area (Å²) in [6, 6.07) is 1.73. The zero-order valence-electron chi connectivity index (χ0n) is 18.5. The Morgan fingerprint density at radius 2 is 1.97 bits per heavy atom. The van der Waals surface area contributed by atoms with Crippen molar-refractivity contribution in [2.45, 2.75) is 32.8 Å². The summed E-state index contributed by atoms with van der Waals surface area (Å²) in [5.74, 6) is 1.39. The van der Waals surface area contributed by atoms with Gasteiger partial charge in [-0.1, -0.05) is 13.8 Å². The van der Waals surface area contributed by atoms with Crippen molar-refractivity contribution in [1.82, 2.24) is 24.8 Å². The molecule has 172 valence electrons. The zero-order chi connectivity index (χ0) is 22.7. The molecule has 2 fully saturated rings. The Balaban J connectivity index is 1.62. The van der Waals surface area contributed by atoms with Gasteiger partial charge < -0.3 is 30.7 Å². The van der Waals surface area contributed by atoms with Crippen LogP contribution in [0.15, 0.2) is 12.3 Å². The number of carbonyl (C=O) groups is 1. The number of hydrogen-bond acceptors (Lipinski definition) is 10. The van der Waals surface area contributed by atoms with Gasteiger partial charge in [-0.3, -0.25) is 4.79 Å². The molecule has 11 heteroatoms. The van der Waals surface area contributed by atoms with E-state index in [1.165, 1.54) is 0 Å². The molecule has 4 N–H and O–H groups in total. The third-order valence-electron chi connectivity index (χ3n) is 5.57. The molecule has 11 nitrogen and oxygen atoms in total.